The highest BCUT2D eigenvalue weighted by Gasteiger charge is 2.37. The molecule has 0 spiro atoms. The van der Waals surface area contributed by atoms with E-state index in [4.69, 9.17) is 9.47 Å². The van der Waals surface area contributed by atoms with E-state index in [9.17, 15) is 9.59 Å². The Hall–Kier alpha value is -1.68. The highest BCUT2D eigenvalue weighted by atomic mass is 16.6. The van der Waals surface area contributed by atoms with Crippen LogP contribution in [0.4, 0.5) is 0 Å². The van der Waals surface area contributed by atoms with Gasteiger partial charge in [-0.15, -0.1) is 0 Å². The first kappa shape index (κ1) is 10.8. The van der Waals surface area contributed by atoms with Crippen LogP contribution in [0.1, 0.15) is 22.8 Å². The molecule has 1 aromatic rings. The topological polar surface area (TPSA) is 52.6 Å². The number of carbonyl (C=O) groups is 2. The monoisotopic (exact) mass is 220 g/mol. The normalized spacial score (nSPS) is 19.2. The lowest BCUT2D eigenvalue weighted by atomic mass is 10.00. The lowest BCUT2D eigenvalue weighted by molar-refractivity contribution is -0.144. The number of para-hydroxylation sites is 1. The third-order valence-corrected chi connectivity index (χ3v) is 2.47. The van der Waals surface area contributed by atoms with Gasteiger partial charge in [-0.1, -0.05) is 12.1 Å². The zero-order valence-electron chi connectivity index (χ0n) is 9.15. The highest BCUT2D eigenvalue weighted by Crippen LogP contribution is 2.29. The van der Waals surface area contributed by atoms with E-state index in [0.717, 1.165) is 5.56 Å². The molecule has 0 bridgehead atoms. The predicted molar refractivity (Wildman–Crippen MR) is 56.6 cm³/mol. The molecule has 4 nitrogen and oxygen atoms in total. The van der Waals surface area contributed by atoms with Gasteiger partial charge in [-0.25, -0.2) is 4.79 Å². The fraction of sp³-hybridized carbons (Fsp3) is 0.333. The van der Waals surface area contributed by atoms with Gasteiger partial charge in [-0.05, 0) is 25.5 Å². The molecule has 4 heteroatoms. The van der Waals surface area contributed by atoms with E-state index < -0.39 is 12.1 Å². The number of ketones is 1. The van der Waals surface area contributed by atoms with Gasteiger partial charge in [-0.3, -0.25) is 4.79 Å². The maximum Gasteiger partial charge on any atom is 0.348 e. The number of fused-ring (bicyclic) bond motifs is 1. The van der Waals surface area contributed by atoms with Crippen molar-refractivity contribution in [1.82, 2.24) is 0 Å². The van der Waals surface area contributed by atoms with Crippen LogP contribution < -0.4 is 4.74 Å². The van der Waals surface area contributed by atoms with Gasteiger partial charge < -0.3 is 9.47 Å². The molecule has 84 valence electrons. The van der Waals surface area contributed by atoms with Crippen LogP contribution in [0.25, 0.3) is 0 Å². The number of carbonyl (C=O) groups excluding carboxylic acids is 2. The van der Waals surface area contributed by atoms with Gasteiger partial charge in [0, 0.05) is 6.61 Å². The summed E-state index contributed by atoms with van der Waals surface area (Å²) in [6.07, 6.45) is -1.11. The Balaban J connectivity index is 2.45. The molecule has 16 heavy (non-hydrogen) atoms. The van der Waals surface area contributed by atoms with Crippen molar-refractivity contribution in [2.75, 3.05) is 6.61 Å². The number of Topliss-reactive ketones (excluding diaryl/α,β-unsaturated/α-hetero) is 1. The third-order valence-electron chi connectivity index (χ3n) is 2.47. The Kier molecular flexibility index (Phi) is 2.75. The fourth-order valence-electron chi connectivity index (χ4n) is 1.69. The average molecular weight is 220 g/mol. The quantitative estimate of drug-likeness (QED) is 0.430. The Labute approximate surface area is 93.2 Å². The summed E-state index contributed by atoms with van der Waals surface area (Å²) in [5.74, 6) is -0.598. The molecule has 0 fully saturated rings. The zero-order valence-corrected chi connectivity index (χ0v) is 9.15. The molecule has 0 N–H and O–H groups in total. The maximum absolute atomic E-state index is 11.9. The molecule has 1 aliphatic heterocycles. The Morgan fingerprint density at radius 3 is 2.81 bits per heavy atom. The molecule has 1 heterocycles. The average Bonchev–Trinajstić information content (AvgIpc) is 2.26. The van der Waals surface area contributed by atoms with Crippen molar-refractivity contribution >= 4 is 11.8 Å². The van der Waals surface area contributed by atoms with Gasteiger partial charge in [0.15, 0.2) is 0 Å². The summed E-state index contributed by atoms with van der Waals surface area (Å²) in [5.41, 5.74) is 1.19. The molecule has 0 saturated heterocycles. The van der Waals surface area contributed by atoms with E-state index in [1.54, 1.807) is 32.0 Å². The molecule has 0 radical (unpaired) electrons. The minimum Gasteiger partial charge on any atom is -0.423 e. The van der Waals surface area contributed by atoms with Crippen molar-refractivity contribution in [2.24, 2.45) is 0 Å². The summed E-state index contributed by atoms with van der Waals surface area (Å²) in [6.45, 7) is 3.82. The number of rotatable bonds is 2. The molecule has 0 aromatic heterocycles. The van der Waals surface area contributed by atoms with Gasteiger partial charge in [0.25, 0.3) is 0 Å². The van der Waals surface area contributed by atoms with Crippen LogP contribution in [0.3, 0.4) is 0 Å². The zero-order chi connectivity index (χ0) is 11.7. The molecule has 1 aliphatic rings. The fourth-order valence-corrected chi connectivity index (χ4v) is 1.69. The minimum absolute atomic E-state index is 0.298. The number of esters is 1. The van der Waals surface area contributed by atoms with Crippen molar-refractivity contribution in [2.45, 2.75) is 20.0 Å². The first-order chi connectivity index (χ1) is 7.65. The van der Waals surface area contributed by atoms with Crippen molar-refractivity contribution in [3.63, 3.8) is 0 Å². The van der Waals surface area contributed by atoms with E-state index in [2.05, 4.69) is 0 Å². The molecule has 0 saturated carbocycles. The van der Waals surface area contributed by atoms with Gasteiger partial charge in [0.05, 0.1) is 5.56 Å². The molecule has 2 rings (SSSR count). The third kappa shape index (κ3) is 1.61. The summed E-state index contributed by atoms with van der Waals surface area (Å²) in [6, 6.07) is 5.19. The van der Waals surface area contributed by atoms with Crippen LogP contribution in [-0.4, -0.2) is 24.5 Å². The Morgan fingerprint density at radius 1 is 1.38 bits per heavy atom. The van der Waals surface area contributed by atoms with Gasteiger partial charge in [-0.2, -0.15) is 0 Å². The first-order valence-corrected chi connectivity index (χ1v) is 5.12. The maximum atomic E-state index is 11.9. The largest absolute Gasteiger partial charge is 0.423 e. The summed E-state index contributed by atoms with van der Waals surface area (Å²) >= 11 is 0. The number of ether oxygens (including phenoxy) is 2. The molecular weight excluding hydrogens is 208 g/mol. The predicted octanol–water partition coefficient (Wildman–Crippen LogP) is 1.50. The van der Waals surface area contributed by atoms with Crippen LogP contribution >= 0.6 is 0 Å². The lowest BCUT2D eigenvalue weighted by Crippen LogP contribution is -2.40. The smallest absolute Gasteiger partial charge is 0.348 e. The molecule has 1 unspecified atom stereocenters. The van der Waals surface area contributed by atoms with Crippen LogP contribution in [0.2, 0.25) is 0 Å². The Bertz CT molecular complexity index is 450. The number of hydrogen-bond donors (Lipinski definition) is 0. The number of hydrogen-bond acceptors (Lipinski definition) is 4. The molecule has 1 aromatic carbocycles. The van der Waals surface area contributed by atoms with E-state index in [1.807, 2.05) is 0 Å². The standard InChI is InChI=1S/C12H12O4/c1-3-15-11-9(13)8-6-4-5-7(2)10(8)16-12(11)14/h4-6,11H,3H2,1-2H3. The van der Waals surface area contributed by atoms with Crippen LogP contribution in [-0.2, 0) is 9.53 Å². The SMILES string of the molecule is CCOC1C(=O)Oc2c(C)cccc2C1=O. The second-order valence-electron chi connectivity index (χ2n) is 3.57. The molecule has 1 atom stereocenters. The van der Waals surface area contributed by atoms with Crippen LogP contribution in [0.5, 0.6) is 5.75 Å². The van der Waals surface area contributed by atoms with Gasteiger partial charge >= 0.3 is 5.97 Å². The second kappa shape index (κ2) is 4.06. The van der Waals surface area contributed by atoms with Crippen molar-refractivity contribution in [1.29, 1.82) is 0 Å². The highest BCUT2D eigenvalue weighted by molar-refractivity contribution is 6.15. The summed E-state index contributed by atoms with van der Waals surface area (Å²) in [7, 11) is 0. The minimum atomic E-state index is -1.11. The second-order valence-corrected chi connectivity index (χ2v) is 3.57. The van der Waals surface area contributed by atoms with Crippen molar-refractivity contribution in [3.8, 4) is 5.75 Å². The van der Waals surface area contributed by atoms with Crippen molar-refractivity contribution in [3.05, 3.63) is 29.3 Å². The van der Waals surface area contributed by atoms with Crippen LogP contribution in [0, 0.1) is 6.92 Å². The first-order valence-electron chi connectivity index (χ1n) is 5.12. The van der Waals surface area contributed by atoms with E-state index in [0.29, 0.717) is 17.9 Å². The van der Waals surface area contributed by atoms with Crippen molar-refractivity contribution < 1.29 is 19.1 Å². The van der Waals surface area contributed by atoms with Gasteiger partial charge in [0.2, 0.25) is 11.9 Å². The van der Waals surface area contributed by atoms with Gasteiger partial charge in [0.1, 0.15) is 5.75 Å². The van der Waals surface area contributed by atoms with E-state index in [1.165, 1.54) is 0 Å². The number of aryl methyl sites for hydroxylation is 1. The van der Waals surface area contributed by atoms with Crippen LogP contribution in [0.15, 0.2) is 18.2 Å². The molecule has 0 aliphatic carbocycles. The lowest BCUT2D eigenvalue weighted by Gasteiger charge is -2.22. The summed E-state index contributed by atoms with van der Waals surface area (Å²) < 4.78 is 10.2. The summed E-state index contributed by atoms with van der Waals surface area (Å²) in [4.78, 5) is 23.5. The number of benzene rings is 1. The summed E-state index contributed by atoms with van der Waals surface area (Å²) in [5, 5.41) is 0. The van der Waals surface area contributed by atoms with E-state index in [-0.39, 0.29) is 5.78 Å². The molecule has 0 amide bonds. The van der Waals surface area contributed by atoms with E-state index >= 15 is 0 Å². The molecular formula is C12H12O4. The Morgan fingerprint density at radius 2 is 2.12 bits per heavy atom.